The number of aromatic nitrogens is 3. The fourth-order valence-electron chi connectivity index (χ4n) is 3.31. The number of nitrogens with one attached hydrogen (secondary N) is 2. The average Bonchev–Trinajstić information content (AvgIpc) is 3.06. The van der Waals surface area contributed by atoms with Crippen LogP contribution in [0.5, 0.6) is 0 Å². The molecule has 0 bridgehead atoms. The Balaban J connectivity index is 0.00000320. The van der Waals surface area contributed by atoms with E-state index in [1.54, 1.807) is 0 Å². The van der Waals surface area contributed by atoms with Gasteiger partial charge in [0.1, 0.15) is 18.2 Å². The lowest BCUT2D eigenvalue weighted by atomic mass is 10.0. The minimum Gasteiger partial charge on any atom is -0.379 e. The molecule has 1 aromatic heterocycles. The van der Waals surface area contributed by atoms with Gasteiger partial charge in [0.25, 0.3) is 0 Å². The molecule has 1 fully saturated rings. The van der Waals surface area contributed by atoms with E-state index in [0.29, 0.717) is 32.3 Å². The molecular weight excluding hydrogens is 500 g/mol. The number of benzene rings is 1. The smallest absolute Gasteiger partial charge is 0.191 e. The number of halogens is 2. The summed E-state index contributed by atoms with van der Waals surface area (Å²) in [5, 5.41) is 14.9. The van der Waals surface area contributed by atoms with Gasteiger partial charge < -0.3 is 19.9 Å². The lowest BCUT2D eigenvalue weighted by molar-refractivity contribution is 0.0170. The number of guanidine groups is 1. The van der Waals surface area contributed by atoms with Crippen molar-refractivity contribution < 1.29 is 9.13 Å². The van der Waals surface area contributed by atoms with E-state index < -0.39 is 0 Å². The van der Waals surface area contributed by atoms with Crippen LogP contribution in [0.25, 0.3) is 0 Å². The van der Waals surface area contributed by atoms with Gasteiger partial charge in [0, 0.05) is 33.2 Å². The summed E-state index contributed by atoms with van der Waals surface area (Å²) in [6.07, 6.45) is 0. The van der Waals surface area contributed by atoms with Crippen molar-refractivity contribution in [2.75, 3.05) is 39.4 Å². The molecular formula is C20H31FIN7O. The van der Waals surface area contributed by atoms with Crippen LogP contribution in [0.15, 0.2) is 29.3 Å². The largest absolute Gasteiger partial charge is 0.379 e. The first-order valence-electron chi connectivity index (χ1n) is 10.0. The maximum absolute atomic E-state index is 13.4. The van der Waals surface area contributed by atoms with Crippen molar-refractivity contribution in [2.45, 2.75) is 26.4 Å². The van der Waals surface area contributed by atoms with Crippen LogP contribution in [0.4, 0.5) is 4.39 Å². The molecule has 1 aromatic carbocycles. The molecule has 166 valence electrons. The zero-order valence-electron chi connectivity index (χ0n) is 17.8. The highest BCUT2D eigenvalue weighted by Gasteiger charge is 2.23. The van der Waals surface area contributed by atoms with E-state index in [2.05, 4.69) is 30.7 Å². The van der Waals surface area contributed by atoms with Crippen LogP contribution in [0.3, 0.4) is 0 Å². The number of ether oxygens (including phenoxy) is 1. The fourth-order valence-corrected chi connectivity index (χ4v) is 3.31. The number of hydrogen-bond acceptors (Lipinski definition) is 5. The van der Waals surface area contributed by atoms with Gasteiger partial charge >= 0.3 is 0 Å². The SMILES string of the molecule is CCNC(=NCc1nnc(C)n1C)NCC(c1ccc(F)cc1)N1CCOCC1.I. The van der Waals surface area contributed by atoms with E-state index in [4.69, 9.17) is 4.74 Å². The van der Waals surface area contributed by atoms with Crippen molar-refractivity contribution >= 4 is 29.9 Å². The minimum absolute atomic E-state index is 0. The Morgan fingerprint density at radius 2 is 1.90 bits per heavy atom. The quantitative estimate of drug-likeness (QED) is 0.324. The van der Waals surface area contributed by atoms with Crippen LogP contribution in [0.2, 0.25) is 0 Å². The second kappa shape index (κ2) is 12.2. The maximum Gasteiger partial charge on any atom is 0.191 e. The van der Waals surface area contributed by atoms with Crippen molar-refractivity contribution in [3.8, 4) is 0 Å². The third-order valence-electron chi connectivity index (χ3n) is 5.11. The van der Waals surface area contributed by atoms with Gasteiger partial charge in [0.05, 0.1) is 19.3 Å². The Hall–Kier alpha value is -1.79. The van der Waals surface area contributed by atoms with Crippen LogP contribution in [-0.2, 0) is 18.3 Å². The van der Waals surface area contributed by atoms with Gasteiger partial charge in [0.2, 0.25) is 0 Å². The Kier molecular flexibility index (Phi) is 9.92. The van der Waals surface area contributed by atoms with E-state index in [1.165, 1.54) is 12.1 Å². The average molecular weight is 531 g/mol. The molecule has 1 unspecified atom stereocenters. The van der Waals surface area contributed by atoms with Crippen molar-refractivity contribution in [1.29, 1.82) is 0 Å². The molecule has 1 aliphatic heterocycles. The Morgan fingerprint density at radius 3 is 2.50 bits per heavy atom. The van der Waals surface area contributed by atoms with Crippen LogP contribution in [0.1, 0.15) is 30.2 Å². The summed E-state index contributed by atoms with van der Waals surface area (Å²) in [6.45, 7) is 8.88. The summed E-state index contributed by atoms with van der Waals surface area (Å²) >= 11 is 0. The fraction of sp³-hybridized carbons (Fsp3) is 0.550. The zero-order chi connectivity index (χ0) is 20.6. The number of nitrogens with zero attached hydrogens (tertiary/aromatic N) is 5. The van der Waals surface area contributed by atoms with Gasteiger partial charge in [-0.3, -0.25) is 4.90 Å². The van der Waals surface area contributed by atoms with Crippen LogP contribution in [-0.4, -0.2) is 65.0 Å². The molecule has 1 aliphatic rings. The number of aryl methyl sites for hydroxylation is 1. The lowest BCUT2D eigenvalue weighted by Crippen LogP contribution is -2.46. The number of rotatable bonds is 7. The third kappa shape index (κ3) is 6.61. The second-order valence-electron chi connectivity index (χ2n) is 7.01. The van der Waals surface area contributed by atoms with E-state index in [-0.39, 0.29) is 35.8 Å². The van der Waals surface area contributed by atoms with Crippen LogP contribution >= 0.6 is 24.0 Å². The topological polar surface area (TPSA) is 79.6 Å². The zero-order valence-corrected chi connectivity index (χ0v) is 20.1. The van der Waals surface area contributed by atoms with Crippen molar-refractivity contribution in [3.05, 3.63) is 47.3 Å². The minimum atomic E-state index is -0.226. The van der Waals surface area contributed by atoms with Crippen LogP contribution < -0.4 is 10.6 Å². The molecule has 0 spiro atoms. The highest BCUT2D eigenvalue weighted by atomic mass is 127. The van der Waals surface area contributed by atoms with E-state index >= 15 is 0 Å². The number of hydrogen-bond donors (Lipinski definition) is 2. The molecule has 3 rings (SSSR count). The Morgan fingerprint density at radius 1 is 1.20 bits per heavy atom. The molecule has 0 radical (unpaired) electrons. The van der Waals surface area contributed by atoms with Gasteiger partial charge in [-0.2, -0.15) is 0 Å². The van der Waals surface area contributed by atoms with Gasteiger partial charge in [-0.25, -0.2) is 9.38 Å². The van der Waals surface area contributed by atoms with Gasteiger partial charge in [-0.1, -0.05) is 12.1 Å². The second-order valence-corrected chi connectivity index (χ2v) is 7.01. The molecule has 1 saturated heterocycles. The normalized spacial score (nSPS) is 16.1. The number of morpholine rings is 1. The number of aliphatic imine (C=N–C) groups is 1. The summed E-state index contributed by atoms with van der Waals surface area (Å²) in [5.74, 6) is 2.16. The van der Waals surface area contributed by atoms with E-state index in [1.807, 2.05) is 37.6 Å². The molecule has 10 heteroatoms. The van der Waals surface area contributed by atoms with Gasteiger partial charge in [-0.05, 0) is 31.5 Å². The highest BCUT2D eigenvalue weighted by molar-refractivity contribution is 14.0. The monoisotopic (exact) mass is 531 g/mol. The Bertz CT molecular complexity index is 806. The molecule has 0 amide bonds. The van der Waals surface area contributed by atoms with Crippen molar-refractivity contribution in [3.63, 3.8) is 0 Å². The van der Waals surface area contributed by atoms with Gasteiger partial charge in [0.15, 0.2) is 11.8 Å². The third-order valence-corrected chi connectivity index (χ3v) is 5.11. The molecule has 2 aromatic rings. The molecule has 1 atom stereocenters. The molecule has 0 saturated carbocycles. The molecule has 0 aliphatic carbocycles. The summed E-state index contributed by atoms with van der Waals surface area (Å²) in [6, 6.07) is 6.82. The molecule has 2 heterocycles. The Labute approximate surface area is 194 Å². The summed E-state index contributed by atoms with van der Waals surface area (Å²) in [4.78, 5) is 7.01. The first kappa shape index (κ1) is 24.5. The lowest BCUT2D eigenvalue weighted by Gasteiger charge is -2.35. The van der Waals surface area contributed by atoms with E-state index in [9.17, 15) is 4.39 Å². The molecule has 2 N–H and O–H groups in total. The summed E-state index contributed by atoms with van der Waals surface area (Å²) < 4.78 is 20.8. The van der Waals surface area contributed by atoms with E-state index in [0.717, 1.165) is 36.8 Å². The highest BCUT2D eigenvalue weighted by Crippen LogP contribution is 2.21. The first-order chi connectivity index (χ1) is 14.1. The summed E-state index contributed by atoms with van der Waals surface area (Å²) in [7, 11) is 1.93. The van der Waals surface area contributed by atoms with Crippen molar-refractivity contribution in [2.24, 2.45) is 12.0 Å². The molecule has 30 heavy (non-hydrogen) atoms. The van der Waals surface area contributed by atoms with Crippen LogP contribution in [0, 0.1) is 12.7 Å². The van der Waals surface area contributed by atoms with Gasteiger partial charge in [-0.15, -0.1) is 34.2 Å². The maximum atomic E-state index is 13.4. The van der Waals surface area contributed by atoms with Crippen molar-refractivity contribution in [1.82, 2.24) is 30.3 Å². The predicted octanol–water partition coefficient (Wildman–Crippen LogP) is 2.01. The standard InChI is InChI=1S/C20H30FN7O.HI/c1-4-22-20(24-14-19-26-25-15(2)27(19)3)23-13-18(28-9-11-29-12-10-28)16-5-7-17(21)8-6-16;/h5-8,18H,4,9-14H2,1-3H3,(H2,22,23,24);1H. The predicted molar refractivity (Wildman–Crippen MR) is 126 cm³/mol. The first-order valence-corrected chi connectivity index (χ1v) is 10.0. The molecule has 8 nitrogen and oxygen atoms in total. The summed E-state index contributed by atoms with van der Waals surface area (Å²) in [5.41, 5.74) is 1.07.